The van der Waals surface area contributed by atoms with Crippen molar-refractivity contribution < 1.29 is 19.0 Å². The van der Waals surface area contributed by atoms with E-state index in [1.807, 2.05) is 26.0 Å². The summed E-state index contributed by atoms with van der Waals surface area (Å²) in [6, 6.07) is 5.53. The van der Waals surface area contributed by atoms with Gasteiger partial charge >= 0.3 is 5.97 Å². The lowest BCUT2D eigenvalue weighted by Gasteiger charge is -2.19. The van der Waals surface area contributed by atoms with Crippen molar-refractivity contribution in [1.82, 2.24) is 0 Å². The van der Waals surface area contributed by atoms with Gasteiger partial charge < -0.3 is 14.2 Å². The van der Waals surface area contributed by atoms with Gasteiger partial charge in [0.05, 0.1) is 12.7 Å². The number of carbonyl (C=O) groups is 1. The first-order chi connectivity index (χ1) is 10.6. The van der Waals surface area contributed by atoms with Crippen LogP contribution in [0.1, 0.15) is 44.4 Å². The Bertz CT molecular complexity index is 499. The van der Waals surface area contributed by atoms with E-state index in [1.54, 1.807) is 19.1 Å². The minimum atomic E-state index is -0.378. The van der Waals surface area contributed by atoms with E-state index in [-0.39, 0.29) is 18.9 Å². The molecule has 1 aromatic carbocycles. The van der Waals surface area contributed by atoms with E-state index in [0.717, 1.165) is 17.5 Å². The molecule has 1 atom stereocenters. The van der Waals surface area contributed by atoms with Crippen LogP contribution in [0.25, 0.3) is 6.08 Å². The van der Waals surface area contributed by atoms with Crippen LogP contribution in [-0.2, 0) is 19.0 Å². The Kier molecular flexibility index (Phi) is 8.82. The van der Waals surface area contributed by atoms with E-state index < -0.39 is 0 Å². The second kappa shape index (κ2) is 10.4. The van der Waals surface area contributed by atoms with Crippen molar-refractivity contribution in [3.8, 4) is 0 Å². The molecule has 0 amide bonds. The first kappa shape index (κ1) is 18.7. The average molecular weight is 327 g/mol. The summed E-state index contributed by atoms with van der Waals surface area (Å²) in [5, 5.41) is 0.604. The van der Waals surface area contributed by atoms with E-state index >= 15 is 0 Å². The predicted molar refractivity (Wildman–Crippen MR) is 87.7 cm³/mol. The average Bonchev–Trinajstić information content (AvgIpc) is 2.51. The van der Waals surface area contributed by atoms with Crippen LogP contribution >= 0.6 is 11.6 Å². The molecule has 0 spiro atoms. The number of hydrogen-bond donors (Lipinski definition) is 0. The number of rotatable bonds is 9. The Hall–Kier alpha value is -1.36. The molecule has 0 saturated heterocycles. The van der Waals surface area contributed by atoms with Gasteiger partial charge in [-0.3, -0.25) is 0 Å². The molecule has 0 saturated carbocycles. The van der Waals surface area contributed by atoms with Crippen molar-refractivity contribution in [3.63, 3.8) is 0 Å². The highest BCUT2D eigenvalue weighted by Crippen LogP contribution is 2.28. The first-order valence-corrected chi connectivity index (χ1v) is 7.83. The van der Waals surface area contributed by atoms with E-state index in [9.17, 15) is 4.79 Å². The maximum atomic E-state index is 11.5. The number of halogens is 1. The van der Waals surface area contributed by atoms with Crippen LogP contribution in [0.4, 0.5) is 0 Å². The number of carbonyl (C=O) groups excluding carboxylic acids is 1. The summed E-state index contributed by atoms with van der Waals surface area (Å²) in [5.74, 6) is -0.378. The molecule has 1 rings (SSSR count). The van der Waals surface area contributed by atoms with Crippen molar-refractivity contribution in [2.45, 2.75) is 33.3 Å². The van der Waals surface area contributed by atoms with Gasteiger partial charge in [0.2, 0.25) is 0 Å². The summed E-state index contributed by atoms with van der Waals surface area (Å²) < 4.78 is 15.9. The van der Waals surface area contributed by atoms with Crippen LogP contribution in [0, 0.1) is 0 Å². The Balaban J connectivity index is 2.95. The quantitative estimate of drug-likeness (QED) is 0.292. The zero-order chi connectivity index (χ0) is 16.4. The number of ether oxygens (including phenoxy) is 3. The van der Waals surface area contributed by atoms with E-state index in [1.165, 1.54) is 6.08 Å². The van der Waals surface area contributed by atoms with Gasteiger partial charge in [0.1, 0.15) is 6.79 Å². The lowest BCUT2D eigenvalue weighted by atomic mass is 10.00. The smallest absolute Gasteiger partial charge is 0.330 e. The fourth-order valence-electron chi connectivity index (χ4n) is 1.97. The van der Waals surface area contributed by atoms with Gasteiger partial charge in [-0.25, -0.2) is 4.79 Å². The van der Waals surface area contributed by atoms with Gasteiger partial charge in [0.15, 0.2) is 0 Å². The van der Waals surface area contributed by atoms with Crippen molar-refractivity contribution in [1.29, 1.82) is 0 Å². The molecule has 4 nitrogen and oxygen atoms in total. The van der Waals surface area contributed by atoms with Crippen molar-refractivity contribution >= 4 is 23.6 Å². The number of benzene rings is 1. The number of esters is 1. The third-order valence-electron chi connectivity index (χ3n) is 3.01. The van der Waals surface area contributed by atoms with Crippen LogP contribution in [-0.4, -0.2) is 26.0 Å². The molecule has 22 heavy (non-hydrogen) atoms. The molecule has 0 radical (unpaired) electrons. The Labute approximate surface area is 137 Å². The zero-order valence-corrected chi connectivity index (χ0v) is 14.1. The summed E-state index contributed by atoms with van der Waals surface area (Å²) in [7, 11) is 0. The van der Waals surface area contributed by atoms with Crippen molar-refractivity contribution in [2.24, 2.45) is 0 Å². The second-order valence-corrected chi connectivity index (χ2v) is 4.97. The minimum Gasteiger partial charge on any atom is -0.463 e. The zero-order valence-electron chi connectivity index (χ0n) is 13.3. The summed E-state index contributed by atoms with van der Waals surface area (Å²) in [5.41, 5.74) is 1.80. The fraction of sp³-hybridized carbons (Fsp3) is 0.471. The highest BCUT2D eigenvalue weighted by Gasteiger charge is 2.14. The lowest BCUT2D eigenvalue weighted by molar-refractivity contribution is -0.137. The molecule has 0 aliphatic rings. The third-order valence-corrected chi connectivity index (χ3v) is 3.24. The molecule has 0 unspecified atom stereocenters. The molecule has 0 N–H and O–H groups in total. The maximum Gasteiger partial charge on any atom is 0.330 e. The van der Waals surface area contributed by atoms with E-state index in [0.29, 0.717) is 18.2 Å². The van der Waals surface area contributed by atoms with Crippen LogP contribution in [0.15, 0.2) is 24.3 Å². The van der Waals surface area contributed by atoms with Crippen molar-refractivity contribution in [2.75, 3.05) is 20.0 Å². The van der Waals surface area contributed by atoms with Gasteiger partial charge in [0, 0.05) is 17.7 Å². The van der Waals surface area contributed by atoms with Crippen LogP contribution in [0.2, 0.25) is 5.02 Å². The molecule has 0 fully saturated rings. The largest absolute Gasteiger partial charge is 0.463 e. The van der Waals surface area contributed by atoms with Gasteiger partial charge in [-0.1, -0.05) is 24.6 Å². The molecule has 0 aromatic heterocycles. The number of hydrogen-bond acceptors (Lipinski definition) is 4. The predicted octanol–water partition coefficient (Wildman–Crippen LogP) is 4.38. The van der Waals surface area contributed by atoms with E-state index in [2.05, 4.69) is 0 Å². The minimum absolute atomic E-state index is 0.120. The topological polar surface area (TPSA) is 44.8 Å². The Morgan fingerprint density at radius 1 is 1.27 bits per heavy atom. The third kappa shape index (κ3) is 6.18. The monoisotopic (exact) mass is 326 g/mol. The molecule has 122 valence electrons. The van der Waals surface area contributed by atoms with Gasteiger partial charge in [0.25, 0.3) is 0 Å². The normalized spacial score (nSPS) is 12.5. The molecule has 1 aromatic rings. The molecule has 5 heteroatoms. The van der Waals surface area contributed by atoms with Crippen LogP contribution in [0.3, 0.4) is 0 Å². The maximum absolute atomic E-state index is 11.5. The highest BCUT2D eigenvalue weighted by molar-refractivity contribution is 6.30. The molecule has 0 aliphatic carbocycles. The fourth-order valence-corrected chi connectivity index (χ4v) is 2.15. The molecular formula is C17H23ClO4. The standard InChI is InChI=1S/C17H23ClO4/c1-4-16(22-12-20-5-2)15-9-8-14(18)11-13(15)7-10-17(19)21-6-3/h7-11,16H,4-6,12H2,1-3H3/b10-7+/t16-/m1/s1. The lowest BCUT2D eigenvalue weighted by Crippen LogP contribution is -2.08. The van der Waals surface area contributed by atoms with Crippen LogP contribution in [0.5, 0.6) is 0 Å². The van der Waals surface area contributed by atoms with Crippen LogP contribution < -0.4 is 0 Å². The summed E-state index contributed by atoms with van der Waals surface area (Å²) in [6.45, 7) is 6.90. The molecule has 0 heterocycles. The van der Waals surface area contributed by atoms with Gasteiger partial charge in [-0.2, -0.15) is 0 Å². The van der Waals surface area contributed by atoms with Gasteiger partial charge in [-0.15, -0.1) is 0 Å². The molecule has 0 bridgehead atoms. The molecule has 0 aliphatic heterocycles. The highest BCUT2D eigenvalue weighted by atomic mass is 35.5. The van der Waals surface area contributed by atoms with E-state index in [4.69, 9.17) is 25.8 Å². The summed E-state index contributed by atoms with van der Waals surface area (Å²) >= 11 is 6.05. The Morgan fingerprint density at radius 2 is 2.05 bits per heavy atom. The molecular weight excluding hydrogens is 304 g/mol. The summed E-state index contributed by atoms with van der Waals surface area (Å²) in [4.78, 5) is 11.5. The Morgan fingerprint density at radius 3 is 2.68 bits per heavy atom. The van der Waals surface area contributed by atoms with Crippen molar-refractivity contribution in [3.05, 3.63) is 40.4 Å². The SMILES string of the molecule is CCOCO[C@H](CC)c1ccc(Cl)cc1/C=C/C(=O)OCC. The summed E-state index contributed by atoms with van der Waals surface area (Å²) in [6.07, 6.45) is 3.76. The second-order valence-electron chi connectivity index (χ2n) is 4.53. The van der Waals surface area contributed by atoms with Gasteiger partial charge in [-0.05, 0) is 49.6 Å². The first-order valence-electron chi connectivity index (χ1n) is 7.45.